The molecular formula is C18H25NO. The first-order chi connectivity index (χ1) is 9.59. The topological polar surface area (TPSA) is 25.2 Å². The highest BCUT2D eigenvalue weighted by Crippen LogP contribution is 2.37. The zero-order chi connectivity index (χ0) is 14.2. The monoisotopic (exact) mass is 271 g/mol. The number of fused-ring (bicyclic) bond motifs is 1. The maximum Gasteiger partial charge on any atom is 0.134 e. The molecule has 0 aliphatic heterocycles. The second-order valence-electron chi connectivity index (χ2n) is 6.71. The van der Waals surface area contributed by atoms with Crippen LogP contribution < -0.4 is 5.32 Å². The Morgan fingerprint density at radius 2 is 1.95 bits per heavy atom. The largest absolute Gasteiger partial charge is 0.459 e. The molecule has 0 saturated heterocycles. The van der Waals surface area contributed by atoms with E-state index in [2.05, 4.69) is 44.3 Å². The Balaban J connectivity index is 1.75. The fraction of sp³-hybridized carbons (Fsp3) is 0.556. The van der Waals surface area contributed by atoms with E-state index >= 15 is 0 Å². The molecule has 20 heavy (non-hydrogen) atoms. The summed E-state index contributed by atoms with van der Waals surface area (Å²) in [6.07, 6.45) is 5.48. The third kappa shape index (κ3) is 2.49. The summed E-state index contributed by atoms with van der Waals surface area (Å²) in [6, 6.07) is 8.58. The van der Waals surface area contributed by atoms with E-state index in [1.54, 1.807) is 0 Å². The molecule has 1 aromatic carbocycles. The molecule has 1 aliphatic carbocycles. The lowest BCUT2D eigenvalue weighted by molar-refractivity contribution is 0.292. The van der Waals surface area contributed by atoms with Gasteiger partial charge in [0.15, 0.2) is 0 Å². The first kappa shape index (κ1) is 13.7. The number of para-hydroxylation sites is 1. The highest BCUT2D eigenvalue weighted by Gasteiger charge is 2.29. The van der Waals surface area contributed by atoms with E-state index in [1.807, 2.05) is 6.07 Å². The summed E-state index contributed by atoms with van der Waals surface area (Å²) < 4.78 is 6.05. The third-order valence-electron chi connectivity index (χ3n) is 4.92. The van der Waals surface area contributed by atoms with Gasteiger partial charge in [0.05, 0.1) is 6.04 Å². The van der Waals surface area contributed by atoms with Crippen molar-refractivity contribution in [1.82, 2.24) is 5.32 Å². The van der Waals surface area contributed by atoms with Gasteiger partial charge in [-0.15, -0.1) is 0 Å². The summed E-state index contributed by atoms with van der Waals surface area (Å²) in [7, 11) is 0. The van der Waals surface area contributed by atoms with Crippen LogP contribution in [-0.4, -0.2) is 6.54 Å². The number of rotatable bonds is 4. The molecule has 1 N–H and O–H groups in total. The van der Waals surface area contributed by atoms with Crippen molar-refractivity contribution in [3.8, 4) is 0 Å². The van der Waals surface area contributed by atoms with E-state index in [9.17, 15) is 0 Å². The van der Waals surface area contributed by atoms with E-state index in [0.29, 0.717) is 5.41 Å². The summed E-state index contributed by atoms with van der Waals surface area (Å²) in [6.45, 7) is 7.87. The van der Waals surface area contributed by atoms with Crippen molar-refractivity contribution in [3.63, 3.8) is 0 Å². The first-order valence-corrected chi connectivity index (χ1v) is 7.80. The number of aryl methyl sites for hydroxylation is 1. The highest BCUT2D eigenvalue weighted by molar-refractivity contribution is 5.82. The predicted octanol–water partition coefficient (Wildman–Crippen LogP) is 4.97. The van der Waals surface area contributed by atoms with E-state index < -0.39 is 0 Å². The van der Waals surface area contributed by atoms with Gasteiger partial charge < -0.3 is 9.73 Å². The maximum absolute atomic E-state index is 6.05. The van der Waals surface area contributed by atoms with Crippen LogP contribution in [-0.2, 0) is 0 Å². The van der Waals surface area contributed by atoms with Crippen LogP contribution in [0.15, 0.2) is 28.7 Å². The van der Waals surface area contributed by atoms with E-state index in [0.717, 1.165) is 17.9 Å². The lowest BCUT2D eigenvalue weighted by atomic mass is 9.88. The summed E-state index contributed by atoms with van der Waals surface area (Å²) in [4.78, 5) is 0. The number of hydrogen-bond donors (Lipinski definition) is 1. The normalized spacial score (nSPS) is 19.6. The Bertz CT molecular complexity index is 592. The highest BCUT2D eigenvalue weighted by atomic mass is 16.3. The summed E-state index contributed by atoms with van der Waals surface area (Å²) in [5, 5.41) is 4.93. The molecule has 108 valence electrons. The van der Waals surface area contributed by atoms with E-state index in [-0.39, 0.29) is 6.04 Å². The molecular weight excluding hydrogens is 246 g/mol. The lowest BCUT2D eigenvalue weighted by Crippen LogP contribution is -2.31. The molecule has 1 heterocycles. The molecule has 0 spiro atoms. The van der Waals surface area contributed by atoms with Crippen LogP contribution in [0.5, 0.6) is 0 Å². The van der Waals surface area contributed by atoms with Gasteiger partial charge in [0, 0.05) is 11.9 Å². The summed E-state index contributed by atoms with van der Waals surface area (Å²) >= 11 is 0. The Labute approximate surface area is 121 Å². The average Bonchev–Trinajstić information content (AvgIpc) is 3.02. The first-order valence-electron chi connectivity index (χ1n) is 7.80. The van der Waals surface area contributed by atoms with Gasteiger partial charge in [0.25, 0.3) is 0 Å². The Morgan fingerprint density at radius 3 is 2.65 bits per heavy atom. The van der Waals surface area contributed by atoms with Crippen molar-refractivity contribution in [2.75, 3.05) is 6.54 Å². The molecule has 0 radical (unpaired) electrons. The van der Waals surface area contributed by atoms with Crippen LogP contribution >= 0.6 is 0 Å². The SMILES string of the molecule is Cc1c(C(C)NCC2(C)CCCC2)oc2ccccc12. The molecule has 2 aromatic rings. The fourth-order valence-corrected chi connectivity index (χ4v) is 3.50. The minimum absolute atomic E-state index is 0.278. The van der Waals surface area contributed by atoms with Gasteiger partial charge in [-0.1, -0.05) is 38.0 Å². The maximum atomic E-state index is 6.05. The van der Waals surface area contributed by atoms with Gasteiger partial charge in [-0.3, -0.25) is 0 Å². The number of furan rings is 1. The molecule has 1 aliphatic rings. The van der Waals surface area contributed by atoms with Crippen molar-refractivity contribution < 1.29 is 4.42 Å². The molecule has 2 nitrogen and oxygen atoms in total. The smallest absolute Gasteiger partial charge is 0.134 e. The number of hydrogen-bond acceptors (Lipinski definition) is 2. The van der Waals surface area contributed by atoms with Crippen LogP contribution in [0.2, 0.25) is 0 Å². The van der Waals surface area contributed by atoms with E-state index in [4.69, 9.17) is 4.42 Å². The fourth-order valence-electron chi connectivity index (χ4n) is 3.50. The summed E-state index contributed by atoms with van der Waals surface area (Å²) in [5.41, 5.74) is 2.76. The standard InChI is InChI=1S/C18H25NO/c1-13-15-8-4-5-9-16(15)20-17(13)14(2)19-12-18(3)10-6-7-11-18/h4-5,8-9,14,19H,6-7,10-12H2,1-3H3. The molecule has 1 aromatic heterocycles. The van der Waals surface area contributed by atoms with Crippen molar-refractivity contribution in [2.24, 2.45) is 5.41 Å². The zero-order valence-electron chi connectivity index (χ0n) is 12.8. The Kier molecular flexibility index (Phi) is 3.59. The van der Waals surface area contributed by atoms with Crippen LogP contribution in [0.25, 0.3) is 11.0 Å². The van der Waals surface area contributed by atoms with Gasteiger partial charge in [0.2, 0.25) is 0 Å². The molecule has 0 bridgehead atoms. The van der Waals surface area contributed by atoms with Crippen molar-refractivity contribution >= 4 is 11.0 Å². The quantitative estimate of drug-likeness (QED) is 0.849. The molecule has 1 fully saturated rings. The summed E-state index contributed by atoms with van der Waals surface area (Å²) in [5.74, 6) is 1.09. The van der Waals surface area contributed by atoms with Crippen molar-refractivity contribution in [2.45, 2.75) is 52.5 Å². The minimum Gasteiger partial charge on any atom is -0.459 e. The van der Waals surface area contributed by atoms with Crippen LogP contribution in [0.4, 0.5) is 0 Å². The van der Waals surface area contributed by atoms with Crippen molar-refractivity contribution in [3.05, 3.63) is 35.6 Å². The van der Waals surface area contributed by atoms with E-state index in [1.165, 1.54) is 36.6 Å². The molecule has 0 amide bonds. The predicted molar refractivity (Wildman–Crippen MR) is 83.9 cm³/mol. The Hall–Kier alpha value is -1.28. The number of nitrogens with one attached hydrogen (secondary N) is 1. The molecule has 1 atom stereocenters. The molecule has 1 saturated carbocycles. The van der Waals surface area contributed by atoms with Gasteiger partial charge in [-0.2, -0.15) is 0 Å². The van der Waals surface area contributed by atoms with Gasteiger partial charge >= 0.3 is 0 Å². The van der Waals surface area contributed by atoms with Crippen LogP contribution in [0.3, 0.4) is 0 Å². The van der Waals surface area contributed by atoms with Crippen LogP contribution in [0.1, 0.15) is 56.9 Å². The van der Waals surface area contributed by atoms with Gasteiger partial charge in [-0.25, -0.2) is 0 Å². The van der Waals surface area contributed by atoms with Crippen molar-refractivity contribution in [1.29, 1.82) is 0 Å². The molecule has 2 heteroatoms. The van der Waals surface area contributed by atoms with Crippen LogP contribution in [0, 0.1) is 12.3 Å². The minimum atomic E-state index is 0.278. The average molecular weight is 271 g/mol. The lowest BCUT2D eigenvalue weighted by Gasteiger charge is -2.26. The second kappa shape index (κ2) is 5.25. The third-order valence-corrected chi connectivity index (χ3v) is 4.92. The van der Waals surface area contributed by atoms with Gasteiger partial charge in [-0.05, 0) is 43.7 Å². The Morgan fingerprint density at radius 1 is 1.25 bits per heavy atom. The number of benzene rings is 1. The second-order valence-corrected chi connectivity index (χ2v) is 6.71. The molecule has 3 rings (SSSR count). The molecule has 1 unspecified atom stereocenters. The van der Waals surface area contributed by atoms with Gasteiger partial charge in [0.1, 0.15) is 11.3 Å². The zero-order valence-corrected chi connectivity index (χ0v) is 12.8.